The Kier molecular flexibility index (Phi) is 6.62. The molecule has 1 saturated heterocycles. The van der Waals surface area contributed by atoms with Crippen molar-refractivity contribution in [2.75, 3.05) is 45.0 Å². The Morgan fingerprint density at radius 2 is 2.31 bits per heavy atom. The van der Waals surface area contributed by atoms with E-state index in [1.54, 1.807) is 7.11 Å². The molecule has 0 aromatic carbocycles. The van der Waals surface area contributed by atoms with E-state index in [9.17, 15) is 0 Å². The fraction of sp³-hybridized carbons (Fsp3) is 1.00. The molecule has 1 rings (SSSR count). The van der Waals surface area contributed by atoms with Crippen molar-refractivity contribution in [1.29, 1.82) is 0 Å². The minimum atomic E-state index is 0.694. The van der Waals surface area contributed by atoms with Gasteiger partial charge in [0.05, 0.1) is 19.8 Å². The van der Waals surface area contributed by atoms with Crippen molar-refractivity contribution in [2.24, 2.45) is 0 Å². The fourth-order valence-electron chi connectivity index (χ4n) is 1.28. The predicted octanol–water partition coefficient (Wildman–Crippen LogP) is 0.744. The van der Waals surface area contributed by atoms with Crippen LogP contribution in [0.4, 0.5) is 0 Å². The monoisotopic (exact) mass is 205 g/mol. The Morgan fingerprint density at radius 3 is 3.00 bits per heavy atom. The number of rotatable bonds is 7. The van der Waals surface area contributed by atoms with Gasteiger partial charge in [0.25, 0.3) is 0 Å². The van der Waals surface area contributed by atoms with Gasteiger partial charge >= 0.3 is 0 Å². The lowest BCUT2D eigenvalue weighted by Crippen LogP contribution is -2.31. The van der Waals surface area contributed by atoms with Crippen molar-refractivity contribution in [3.63, 3.8) is 0 Å². The zero-order chi connectivity index (χ0) is 9.36. The summed E-state index contributed by atoms with van der Waals surface area (Å²) in [4.78, 5) is 0. The molecule has 1 aliphatic heterocycles. The van der Waals surface area contributed by atoms with Gasteiger partial charge in [-0.3, -0.25) is 0 Å². The summed E-state index contributed by atoms with van der Waals surface area (Å²) in [6.07, 6.45) is 1.31. The van der Waals surface area contributed by atoms with Crippen LogP contribution in [-0.4, -0.2) is 51.0 Å². The molecule has 0 aromatic rings. The molecule has 1 heterocycles. The summed E-state index contributed by atoms with van der Waals surface area (Å²) in [6.45, 7) is 3.16. The fourth-order valence-corrected chi connectivity index (χ4v) is 2.46. The normalized spacial score (nSPS) is 22.4. The van der Waals surface area contributed by atoms with E-state index in [4.69, 9.17) is 9.47 Å². The van der Waals surface area contributed by atoms with Gasteiger partial charge in [-0.05, 0) is 12.2 Å². The Hall–Kier alpha value is 0.230. The maximum absolute atomic E-state index is 5.34. The average Bonchev–Trinajstić information content (AvgIpc) is 2.63. The molecule has 0 spiro atoms. The zero-order valence-corrected chi connectivity index (χ0v) is 9.07. The number of hydrogen-bond donors (Lipinski definition) is 1. The Morgan fingerprint density at radius 1 is 1.38 bits per heavy atom. The molecule has 1 fully saturated rings. The maximum Gasteiger partial charge on any atom is 0.0700 e. The highest BCUT2D eigenvalue weighted by atomic mass is 32.2. The summed E-state index contributed by atoms with van der Waals surface area (Å²) < 4.78 is 10.2. The van der Waals surface area contributed by atoms with Gasteiger partial charge in [0.15, 0.2) is 0 Å². The van der Waals surface area contributed by atoms with Crippen LogP contribution in [0.1, 0.15) is 6.42 Å². The zero-order valence-electron chi connectivity index (χ0n) is 8.25. The highest BCUT2D eigenvalue weighted by Crippen LogP contribution is 2.16. The standard InChI is InChI=1S/C9H19NO2S/c1-11-5-6-12-4-3-10-9-2-7-13-8-9/h9-10H,2-8H2,1H3. The van der Waals surface area contributed by atoms with Crippen LogP contribution in [0.3, 0.4) is 0 Å². The molecule has 0 saturated carbocycles. The van der Waals surface area contributed by atoms with Gasteiger partial charge in [-0.1, -0.05) is 0 Å². The third kappa shape index (κ3) is 5.52. The first kappa shape index (κ1) is 11.3. The van der Waals surface area contributed by atoms with Crippen LogP contribution in [0.25, 0.3) is 0 Å². The molecule has 13 heavy (non-hydrogen) atoms. The molecule has 0 aliphatic carbocycles. The summed E-state index contributed by atoms with van der Waals surface area (Å²) in [5, 5.41) is 3.47. The van der Waals surface area contributed by atoms with Gasteiger partial charge in [-0.15, -0.1) is 0 Å². The first-order valence-electron chi connectivity index (χ1n) is 4.81. The lowest BCUT2D eigenvalue weighted by molar-refractivity contribution is 0.0713. The summed E-state index contributed by atoms with van der Waals surface area (Å²) in [5.41, 5.74) is 0. The highest BCUT2D eigenvalue weighted by molar-refractivity contribution is 7.99. The van der Waals surface area contributed by atoms with Gasteiger partial charge in [0, 0.05) is 25.4 Å². The highest BCUT2D eigenvalue weighted by Gasteiger charge is 2.13. The minimum Gasteiger partial charge on any atom is -0.382 e. The molecular formula is C9H19NO2S. The molecule has 1 aliphatic rings. The van der Waals surface area contributed by atoms with E-state index < -0.39 is 0 Å². The second-order valence-corrected chi connectivity index (χ2v) is 4.27. The average molecular weight is 205 g/mol. The van der Waals surface area contributed by atoms with E-state index >= 15 is 0 Å². The molecular weight excluding hydrogens is 186 g/mol. The number of thioether (sulfide) groups is 1. The van der Waals surface area contributed by atoms with Crippen LogP contribution in [0.2, 0.25) is 0 Å². The summed E-state index contributed by atoms with van der Waals surface area (Å²) in [6, 6.07) is 0.719. The smallest absolute Gasteiger partial charge is 0.0700 e. The maximum atomic E-state index is 5.34. The first-order valence-corrected chi connectivity index (χ1v) is 5.97. The molecule has 1 N–H and O–H groups in total. The largest absolute Gasteiger partial charge is 0.382 e. The molecule has 0 bridgehead atoms. The summed E-state index contributed by atoms with van der Waals surface area (Å²) in [7, 11) is 1.69. The van der Waals surface area contributed by atoms with Crippen LogP contribution >= 0.6 is 11.8 Å². The third-order valence-electron chi connectivity index (χ3n) is 2.04. The molecule has 3 nitrogen and oxygen atoms in total. The molecule has 0 aromatic heterocycles. The second kappa shape index (κ2) is 7.62. The van der Waals surface area contributed by atoms with Crippen molar-refractivity contribution in [1.82, 2.24) is 5.32 Å². The van der Waals surface area contributed by atoms with Crippen LogP contribution in [0.5, 0.6) is 0 Å². The molecule has 1 atom stereocenters. The molecule has 4 heteroatoms. The summed E-state index contributed by atoms with van der Waals surface area (Å²) >= 11 is 2.03. The van der Waals surface area contributed by atoms with E-state index in [0.717, 1.165) is 19.2 Å². The Bertz CT molecular complexity index is 118. The molecule has 78 valence electrons. The predicted molar refractivity (Wildman–Crippen MR) is 56.4 cm³/mol. The number of hydrogen-bond acceptors (Lipinski definition) is 4. The van der Waals surface area contributed by atoms with Crippen molar-refractivity contribution in [3.05, 3.63) is 0 Å². The van der Waals surface area contributed by atoms with E-state index in [1.807, 2.05) is 11.8 Å². The Balaban J connectivity index is 1.78. The van der Waals surface area contributed by atoms with Crippen LogP contribution in [-0.2, 0) is 9.47 Å². The third-order valence-corrected chi connectivity index (χ3v) is 3.20. The lowest BCUT2D eigenvalue weighted by atomic mass is 10.3. The Labute approximate surface area is 84.6 Å². The van der Waals surface area contributed by atoms with Crippen LogP contribution in [0.15, 0.2) is 0 Å². The second-order valence-electron chi connectivity index (χ2n) is 3.12. The molecule has 1 unspecified atom stereocenters. The SMILES string of the molecule is COCCOCCNC1CCSC1. The number of nitrogens with one attached hydrogen (secondary N) is 1. The van der Waals surface area contributed by atoms with Crippen LogP contribution in [0, 0.1) is 0 Å². The summed E-state index contributed by atoms with van der Waals surface area (Å²) in [5.74, 6) is 2.57. The van der Waals surface area contributed by atoms with Gasteiger partial charge in [-0.2, -0.15) is 11.8 Å². The quantitative estimate of drug-likeness (QED) is 0.621. The van der Waals surface area contributed by atoms with E-state index in [-0.39, 0.29) is 0 Å². The molecule has 0 amide bonds. The first-order chi connectivity index (χ1) is 6.43. The minimum absolute atomic E-state index is 0.694. The lowest BCUT2D eigenvalue weighted by Gasteiger charge is -2.10. The molecule has 0 radical (unpaired) electrons. The van der Waals surface area contributed by atoms with Crippen molar-refractivity contribution in [2.45, 2.75) is 12.5 Å². The van der Waals surface area contributed by atoms with Gasteiger partial charge < -0.3 is 14.8 Å². The van der Waals surface area contributed by atoms with Crippen molar-refractivity contribution < 1.29 is 9.47 Å². The van der Waals surface area contributed by atoms with E-state index in [0.29, 0.717) is 13.2 Å². The topological polar surface area (TPSA) is 30.5 Å². The van der Waals surface area contributed by atoms with Crippen molar-refractivity contribution >= 4 is 11.8 Å². The van der Waals surface area contributed by atoms with E-state index in [2.05, 4.69) is 5.32 Å². The number of methoxy groups -OCH3 is 1. The van der Waals surface area contributed by atoms with Gasteiger partial charge in [-0.25, -0.2) is 0 Å². The van der Waals surface area contributed by atoms with Crippen LogP contribution < -0.4 is 5.32 Å². The van der Waals surface area contributed by atoms with Gasteiger partial charge in [0.2, 0.25) is 0 Å². The number of ether oxygens (including phenoxy) is 2. The van der Waals surface area contributed by atoms with Crippen molar-refractivity contribution in [3.8, 4) is 0 Å². The van der Waals surface area contributed by atoms with Gasteiger partial charge in [0.1, 0.15) is 0 Å². The van der Waals surface area contributed by atoms with E-state index in [1.165, 1.54) is 17.9 Å².